The average Bonchev–Trinajstić information content (AvgIpc) is 3.11. The first-order chi connectivity index (χ1) is 10.3. The monoisotopic (exact) mass is 278 g/mol. The van der Waals surface area contributed by atoms with E-state index >= 15 is 0 Å². The second-order valence-corrected chi connectivity index (χ2v) is 5.89. The first-order valence-corrected chi connectivity index (χ1v) is 7.68. The number of hydrogen-bond donors (Lipinski definition) is 0. The molecule has 0 amide bonds. The van der Waals surface area contributed by atoms with Gasteiger partial charge in [0.2, 0.25) is 0 Å². The number of allylic oxidation sites excluding steroid dienone is 2. The molecule has 3 nitrogen and oxygen atoms in total. The lowest BCUT2D eigenvalue weighted by Crippen LogP contribution is -2.14. The fourth-order valence-corrected chi connectivity index (χ4v) is 3.54. The van der Waals surface area contributed by atoms with Crippen LogP contribution in [0.4, 0.5) is 0 Å². The number of rotatable bonds is 3. The van der Waals surface area contributed by atoms with Crippen LogP contribution in [0.1, 0.15) is 43.7 Å². The van der Waals surface area contributed by atoms with E-state index in [-0.39, 0.29) is 6.04 Å². The van der Waals surface area contributed by atoms with E-state index in [1.807, 2.05) is 18.6 Å². The number of imidazole rings is 1. The normalized spacial score (nSPS) is 19.8. The van der Waals surface area contributed by atoms with E-state index in [1.165, 1.54) is 17.5 Å². The minimum absolute atomic E-state index is 0.106. The first-order valence-electron chi connectivity index (χ1n) is 7.68. The maximum Gasteiger partial charge on any atom is 0.160 e. The zero-order chi connectivity index (χ0) is 14.2. The number of fused-ring (bicyclic) bond motifs is 3. The molecule has 1 aromatic heterocycles. The molecule has 0 spiro atoms. The molecular weight excluding hydrogens is 260 g/mol. The van der Waals surface area contributed by atoms with Gasteiger partial charge in [-0.2, -0.15) is 0 Å². The molecule has 0 fully saturated rings. The summed E-state index contributed by atoms with van der Waals surface area (Å²) in [6, 6.07) is 8.46. The third-order valence-corrected chi connectivity index (χ3v) is 4.63. The molecular formula is C18H18N2O. The Hall–Kier alpha value is -2.16. The fourth-order valence-electron chi connectivity index (χ4n) is 3.54. The van der Waals surface area contributed by atoms with Gasteiger partial charge in [0, 0.05) is 12.0 Å². The Kier molecular flexibility index (Phi) is 2.99. The van der Waals surface area contributed by atoms with Crippen molar-refractivity contribution in [2.45, 2.75) is 38.1 Å². The van der Waals surface area contributed by atoms with Gasteiger partial charge in [-0.15, -0.1) is 0 Å². The number of benzene rings is 1. The Morgan fingerprint density at radius 3 is 3.05 bits per heavy atom. The Balaban J connectivity index is 1.67. The van der Waals surface area contributed by atoms with Crippen LogP contribution in [-0.4, -0.2) is 15.3 Å². The maximum atomic E-state index is 12.6. The zero-order valence-electron chi connectivity index (χ0n) is 12.0. The lowest BCUT2D eigenvalue weighted by atomic mass is 9.91. The quantitative estimate of drug-likeness (QED) is 0.853. The first kappa shape index (κ1) is 12.6. The van der Waals surface area contributed by atoms with Gasteiger partial charge in [-0.1, -0.05) is 30.3 Å². The molecule has 0 radical (unpaired) electrons. The molecule has 1 aliphatic heterocycles. The number of carbonyl (C=O) groups is 1. The van der Waals surface area contributed by atoms with Gasteiger partial charge in [-0.25, -0.2) is 4.98 Å². The van der Waals surface area contributed by atoms with Crippen molar-refractivity contribution in [1.29, 1.82) is 0 Å². The molecule has 0 N–H and O–H groups in total. The summed E-state index contributed by atoms with van der Waals surface area (Å²) in [7, 11) is 0. The highest BCUT2D eigenvalue weighted by atomic mass is 16.1. The van der Waals surface area contributed by atoms with Gasteiger partial charge in [-0.05, 0) is 36.8 Å². The van der Waals surface area contributed by atoms with Crippen LogP contribution < -0.4 is 0 Å². The number of carbonyl (C=O) groups excluding carboxylic acids is 1. The van der Waals surface area contributed by atoms with Crippen LogP contribution in [0.25, 0.3) is 11.3 Å². The van der Waals surface area contributed by atoms with Crippen LogP contribution in [-0.2, 0) is 4.79 Å². The summed E-state index contributed by atoms with van der Waals surface area (Å²) in [6.07, 6.45) is 10.8. The van der Waals surface area contributed by atoms with E-state index in [9.17, 15) is 4.79 Å². The molecule has 0 saturated heterocycles. The van der Waals surface area contributed by atoms with Crippen LogP contribution in [0.3, 0.4) is 0 Å². The highest BCUT2D eigenvalue weighted by Gasteiger charge is 2.30. The van der Waals surface area contributed by atoms with Crippen molar-refractivity contribution in [2.24, 2.45) is 0 Å². The van der Waals surface area contributed by atoms with Crippen molar-refractivity contribution < 1.29 is 4.79 Å². The third kappa shape index (κ3) is 2.04. The maximum absolute atomic E-state index is 12.6. The Labute approximate surface area is 124 Å². The van der Waals surface area contributed by atoms with Gasteiger partial charge in [0.1, 0.15) is 0 Å². The van der Waals surface area contributed by atoms with Crippen LogP contribution in [0, 0.1) is 0 Å². The van der Waals surface area contributed by atoms with Crippen molar-refractivity contribution in [3.05, 3.63) is 54.0 Å². The molecule has 1 aromatic carbocycles. The summed E-state index contributed by atoms with van der Waals surface area (Å²) in [5, 5.41) is 0. The summed E-state index contributed by atoms with van der Waals surface area (Å²) in [5.41, 5.74) is 4.62. The minimum atomic E-state index is 0.106. The Morgan fingerprint density at radius 1 is 1.29 bits per heavy atom. The van der Waals surface area contributed by atoms with E-state index < -0.39 is 0 Å². The van der Waals surface area contributed by atoms with Crippen LogP contribution in [0.15, 0.2) is 48.4 Å². The molecule has 2 aromatic rings. The Bertz CT molecular complexity index is 726. The van der Waals surface area contributed by atoms with E-state index in [1.54, 1.807) is 0 Å². The van der Waals surface area contributed by atoms with Crippen molar-refractivity contribution in [3.63, 3.8) is 0 Å². The standard InChI is InChI=1S/C18H18N2O/c21-18(13-6-2-1-3-7-13)10-16-14-8-4-5-9-15(14)17-11-19-12-20(16)17/h4-6,8-9,11-12,16H,1-3,7,10H2. The number of ketones is 1. The molecule has 1 unspecified atom stereocenters. The molecule has 2 heterocycles. The van der Waals surface area contributed by atoms with E-state index in [0.29, 0.717) is 12.2 Å². The molecule has 2 aliphatic rings. The third-order valence-electron chi connectivity index (χ3n) is 4.63. The van der Waals surface area contributed by atoms with E-state index in [4.69, 9.17) is 0 Å². The second-order valence-electron chi connectivity index (χ2n) is 5.89. The zero-order valence-corrected chi connectivity index (χ0v) is 12.0. The summed E-state index contributed by atoms with van der Waals surface area (Å²) >= 11 is 0. The molecule has 106 valence electrons. The number of Topliss-reactive ketones (excluding diaryl/α,β-unsaturated/α-hetero) is 1. The van der Waals surface area contributed by atoms with Gasteiger partial charge >= 0.3 is 0 Å². The van der Waals surface area contributed by atoms with Crippen molar-refractivity contribution in [1.82, 2.24) is 9.55 Å². The van der Waals surface area contributed by atoms with Gasteiger partial charge in [0.05, 0.1) is 24.3 Å². The van der Waals surface area contributed by atoms with Crippen LogP contribution in [0.2, 0.25) is 0 Å². The summed E-state index contributed by atoms with van der Waals surface area (Å²) in [5.74, 6) is 0.302. The highest BCUT2D eigenvalue weighted by Crippen LogP contribution is 2.41. The molecule has 0 bridgehead atoms. The van der Waals surface area contributed by atoms with Gasteiger partial charge in [0.15, 0.2) is 5.78 Å². The van der Waals surface area contributed by atoms with E-state index in [0.717, 1.165) is 30.5 Å². The molecule has 4 rings (SSSR count). The van der Waals surface area contributed by atoms with E-state index in [2.05, 4.69) is 33.8 Å². The minimum Gasteiger partial charge on any atom is -0.322 e. The fraction of sp³-hybridized carbons (Fsp3) is 0.333. The lowest BCUT2D eigenvalue weighted by molar-refractivity contribution is -0.116. The Morgan fingerprint density at radius 2 is 2.19 bits per heavy atom. The molecule has 1 aliphatic carbocycles. The summed E-state index contributed by atoms with van der Waals surface area (Å²) in [4.78, 5) is 16.8. The molecule has 0 saturated carbocycles. The van der Waals surface area contributed by atoms with Gasteiger partial charge < -0.3 is 4.57 Å². The lowest BCUT2D eigenvalue weighted by Gasteiger charge is -2.17. The summed E-state index contributed by atoms with van der Waals surface area (Å²) < 4.78 is 2.14. The number of aromatic nitrogens is 2. The predicted molar refractivity (Wildman–Crippen MR) is 82.0 cm³/mol. The number of nitrogens with zero attached hydrogens (tertiary/aromatic N) is 2. The largest absolute Gasteiger partial charge is 0.322 e. The SMILES string of the molecule is O=C(CC1c2ccccc2-c2cncn21)C1=CCCCC1. The van der Waals surface area contributed by atoms with Gasteiger partial charge in [0.25, 0.3) is 0 Å². The molecule has 1 atom stereocenters. The van der Waals surface area contributed by atoms with Crippen molar-refractivity contribution >= 4 is 5.78 Å². The predicted octanol–water partition coefficient (Wildman–Crippen LogP) is 3.91. The topological polar surface area (TPSA) is 34.9 Å². The van der Waals surface area contributed by atoms with Crippen LogP contribution >= 0.6 is 0 Å². The number of hydrogen-bond acceptors (Lipinski definition) is 2. The van der Waals surface area contributed by atoms with Gasteiger partial charge in [-0.3, -0.25) is 4.79 Å². The second kappa shape index (κ2) is 4.99. The van der Waals surface area contributed by atoms with Crippen molar-refractivity contribution in [2.75, 3.05) is 0 Å². The highest BCUT2D eigenvalue weighted by molar-refractivity contribution is 5.96. The van der Waals surface area contributed by atoms with Crippen molar-refractivity contribution in [3.8, 4) is 11.3 Å². The molecule has 21 heavy (non-hydrogen) atoms. The van der Waals surface area contributed by atoms with Crippen LogP contribution in [0.5, 0.6) is 0 Å². The smallest absolute Gasteiger partial charge is 0.160 e. The average molecular weight is 278 g/mol. The molecule has 3 heteroatoms. The summed E-state index contributed by atoms with van der Waals surface area (Å²) in [6.45, 7) is 0.